The number of carbonyl (C=O) groups excluding carboxylic acids is 2. The molecular formula is C20H19N3O3. The summed E-state index contributed by atoms with van der Waals surface area (Å²) >= 11 is 0. The number of H-pyrrole nitrogens is 1. The molecule has 2 amide bonds. The Morgan fingerprint density at radius 2 is 1.88 bits per heavy atom. The second kappa shape index (κ2) is 6.55. The number of rotatable bonds is 2. The van der Waals surface area contributed by atoms with Gasteiger partial charge in [-0.15, -0.1) is 0 Å². The zero-order chi connectivity index (χ0) is 18.1. The van der Waals surface area contributed by atoms with Crippen LogP contribution in [0.3, 0.4) is 0 Å². The number of ether oxygens (including phenoxy) is 1. The van der Waals surface area contributed by atoms with Gasteiger partial charge in [0.15, 0.2) is 0 Å². The number of methoxy groups -OCH3 is 1. The number of anilines is 1. The van der Waals surface area contributed by atoms with Crippen LogP contribution in [-0.4, -0.2) is 35.5 Å². The summed E-state index contributed by atoms with van der Waals surface area (Å²) in [6.45, 7) is 1.22. The van der Waals surface area contributed by atoms with Gasteiger partial charge in [0.05, 0.1) is 19.2 Å². The van der Waals surface area contributed by atoms with Crippen LogP contribution >= 0.6 is 0 Å². The number of hydrogen-bond donors (Lipinski definition) is 2. The molecule has 0 bridgehead atoms. The molecule has 0 spiro atoms. The molecule has 132 valence electrons. The minimum absolute atomic E-state index is 0.153. The van der Waals surface area contributed by atoms with Gasteiger partial charge >= 0.3 is 12.0 Å². The van der Waals surface area contributed by atoms with Crippen molar-refractivity contribution in [2.24, 2.45) is 0 Å². The number of esters is 1. The van der Waals surface area contributed by atoms with Crippen molar-refractivity contribution in [1.29, 1.82) is 0 Å². The number of aromatic amines is 1. The Labute approximate surface area is 150 Å². The molecule has 6 nitrogen and oxygen atoms in total. The quantitative estimate of drug-likeness (QED) is 0.695. The number of aromatic nitrogens is 1. The van der Waals surface area contributed by atoms with E-state index in [9.17, 15) is 9.59 Å². The van der Waals surface area contributed by atoms with Gasteiger partial charge in [0.2, 0.25) is 0 Å². The fourth-order valence-electron chi connectivity index (χ4n) is 3.38. The number of nitrogens with one attached hydrogen (secondary N) is 2. The van der Waals surface area contributed by atoms with Crippen LogP contribution in [0.1, 0.15) is 21.6 Å². The van der Waals surface area contributed by atoms with Gasteiger partial charge in [0, 0.05) is 28.8 Å². The zero-order valence-electron chi connectivity index (χ0n) is 14.4. The average Bonchev–Trinajstić information content (AvgIpc) is 3.05. The summed E-state index contributed by atoms with van der Waals surface area (Å²) in [5, 5.41) is 4.12. The minimum Gasteiger partial charge on any atom is -0.465 e. The number of hydrogen-bond acceptors (Lipinski definition) is 3. The van der Waals surface area contributed by atoms with E-state index in [2.05, 4.69) is 27.2 Å². The van der Waals surface area contributed by atoms with Crippen LogP contribution in [0.2, 0.25) is 0 Å². The molecule has 0 saturated heterocycles. The van der Waals surface area contributed by atoms with E-state index in [4.69, 9.17) is 0 Å². The third kappa shape index (κ3) is 2.90. The first-order chi connectivity index (χ1) is 12.7. The average molecular weight is 349 g/mol. The van der Waals surface area contributed by atoms with Crippen molar-refractivity contribution < 1.29 is 14.3 Å². The van der Waals surface area contributed by atoms with E-state index in [1.165, 1.54) is 18.1 Å². The van der Waals surface area contributed by atoms with Crippen LogP contribution in [0, 0.1) is 0 Å². The molecule has 0 saturated carbocycles. The summed E-state index contributed by atoms with van der Waals surface area (Å²) in [4.78, 5) is 29.2. The van der Waals surface area contributed by atoms with Crippen LogP contribution in [0.5, 0.6) is 0 Å². The first-order valence-electron chi connectivity index (χ1n) is 8.48. The highest BCUT2D eigenvalue weighted by Crippen LogP contribution is 2.27. The molecule has 0 aliphatic carbocycles. The van der Waals surface area contributed by atoms with E-state index in [1.807, 2.05) is 12.1 Å². The van der Waals surface area contributed by atoms with Crippen LogP contribution in [0.4, 0.5) is 10.5 Å². The van der Waals surface area contributed by atoms with Crippen molar-refractivity contribution in [2.45, 2.75) is 13.0 Å². The van der Waals surface area contributed by atoms with Gasteiger partial charge in [-0.25, -0.2) is 9.59 Å². The summed E-state index contributed by atoms with van der Waals surface area (Å²) in [5.74, 6) is -0.398. The van der Waals surface area contributed by atoms with Gasteiger partial charge in [0.1, 0.15) is 0 Å². The number of urea groups is 1. The van der Waals surface area contributed by atoms with Crippen molar-refractivity contribution >= 4 is 28.6 Å². The van der Waals surface area contributed by atoms with Crippen molar-refractivity contribution in [3.63, 3.8) is 0 Å². The van der Waals surface area contributed by atoms with Crippen LogP contribution in [0.25, 0.3) is 10.9 Å². The standard InChI is InChI=1S/C20H19N3O3/c1-26-19(24)13-6-8-14(9-7-13)21-20(25)23-11-10-16-15-4-2-3-5-17(15)22-18(16)12-23/h2-9,22H,10-12H2,1H3,(H,21,25). The van der Waals surface area contributed by atoms with Gasteiger partial charge in [-0.2, -0.15) is 0 Å². The molecular weight excluding hydrogens is 330 g/mol. The maximum absolute atomic E-state index is 12.6. The van der Waals surface area contributed by atoms with Gasteiger partial charge in [-0.1, -0.05) is 18.2 Å². The number of amides is 2. The smallest absolute Gasteiger partial charge is 0.337 e. The van der Waals surface area contributed by atoms with Crippen molar-refractivity contribution in [1.82, 2.24) is 9.88 Å². The molecule has 2 heterocycles. The number of benzene rings is 2. The lowest BCUT2D eigenvalue weighted by Crippen LogP contribution is -2.38. The monoisotopic (exact) mass is 349 g/mol. The highest BCUT2D eigenvalue weighted by molar-refractivity contribution is 5.93. The Bertz CT molecular complexity index is 976. The van der Waals surface area contributed by atoms with Crippen molar-refractivity contribution in [3.05, 3.63) is 65.4 Å². The lowest BCUT2D eigenvalue weighted by Gasteiger charge is -2.27. The van der Waals surface area contributed by atoms with Gasteiger partial charge in [0.25, 0.3) is 0 Å². The first kappa shape index (κ1) is 16.2. The number of fused-ring (bicyclic) bond motifs is 3. The normalized spacial score (nSPS) is 13.3. The molecule has 6 heteroatoms. The molecule has 26 heavy (non-hydrogen) atoms. The molecule has 1 aliphatic heterocycles. The Morgan fingerprint density at radius 3 is 2.65 bits per heavy atom. The maximum atomic E-state index is 12.6. The second-order valence-corrected chi connectivity index (χ2v) is 6.30. The lowest BCUT2D eigenvalue weighted by molar-refractivity contribution is 0.0600. The topological polar surface area (TPSA) is 74.4 Å². The second-order valence-electron chi connectivity index (χ2n) is 6.30. The predicted octanol–water partition coefficient (Wildman–Crippen LogP) is 3.54. The number of nitrogens with zero attached hydrogens (tertiary/aromatic N) is 1. The van der Waals surface area contributed by atoms with Gasteiger partial charge in [-0.05, 0) is 42.3 Å². The van der Waals surface area contributed by atoms with Crippen LogP contribution < -0.4 is 5.32 Å². The summed E-state index contributed by atoms with van der Waals surface area (Å²) in [5.41, 5.74) is 4.59. The molecule has 3 aromatic rings. The summed E-state index contributed by atoms with van der Waals surface area (Å²) in [6, 6.07) is 14.7. The molecule has 0 unspecified atom stereocenters. The van der Waals surface area contributed by atoms with Gasteiger partial charge < -0.3 is 19.9 Å². The van der Waals surface area contributed by atoms with Crippen molar-refractivity contribution in [3.8, 4) is 0 Å². The summed E-state index contributed by atoms with van der Waals surface area (Å²) < 4.78 is 4.67. The molecule has 1 aliphatic rings. The predicted molar refractivity (Wildman–Crippen MR) is 99.2 cm³/mol. The fourth-order valence-corrected chi connectivity index (χ4v) is 3.38. The van der Waals surface area contributed by atoms with Crippen LogP contribution in [-0.2, 0) is 17.7 Å². The first-order valence-corrected chi connectivity index (χ1v) is 8.48. The maximum Gasteiger partial charge on any atom is 0.337 e. The molecule has 0 atom stereocenters. The SMILES string of the molecule is COC(=O)c1ccc(NC(=O)N2CCc3c([nH]c4ccccc34)C2)cc1. The fraction of sp³-hybridized carbons (Fsp3) is 0.200. The van der Waals surface area contributed by atoms with Crippen molar-refractivity contribution in [2.75, 3.05) is 19.0 Å². The summed E-state index contributed by atoms with van der Waals surface area (Å²) in [7, 11) is 1.34. The van der Waals surface area contributed by atoms with E-state index >= 15 is 0 Å². The molecule has 0 radical (unpaired) electrons. The third-order valence-corrected chi connectivity index (χ3v) is 4.73. The summed E-state index contributed by atoms with van der Waals surface area (Å²) in [6.07, 6.45) is 0.827. The lowest BCUT2D eigenvalue weighted by atomic mass is 10.0. The molecule has 2 aromatic carbocycles. The Hall–Kier alpha value is -3.28. The third-order valence-electron chi connectivity index (χ3n) is 4.73. The molecule has 1 aromatic heterocycles. The number of para-hydroxylation sites is 1. The van der Waals surface area contributed by atoms with Gasteiger partial charge in [-0.3, -0.25) is 0 Å². The molecule has 0 fully saturated rings. The molecule has 2 N–H and O–H groups in total. The van der Waals surface area contributed by atoms with E-state index in [0.717, 1.165) is 17.6 Å². The Kier molecular flexibility index (Phi) is 4.08. The van der Waals surface area contributed by atoms with Crippen LogP contribution in [0.15, 0.2) is 48.5 Å². The molecule has 4 rings (SSSR count). The Balaban J connectivity index is 1.47. The minimum atomic E-state index is -0.398. The van der Waals surface area contributed by atoms with E-state index in [0.29, 0.717) is 24.3 Å². The van der Waals surface area contributed by atoms with E-state index in [-0.39, 0.29) is 6.03 Å². The Morgan fingerprint density at radius 1 is 1.12 bits per heavy atom. The zero-order valence-corrected chi connectivity index (χ0v) is 14.4. The number of carbonyl (C=O) groups is 2. The largest absolute Gasteiger partial charge is 0.465 e. The highest BCUT2D eigenvalue weighted by Gasteiger charge is 2.23. The highest BCUT2D eigenvalue weighted by atomic mass is 16.5. The van der Waals surface area contributed by atoms with E-state index < -0.39 is 5.97 Å². The van der Waals surface area contributed by atoms with E-state index in [1.54, 1.807) is 29.2 Å².